The smallest absolute Gasteiger partial charge is 0.254 e. The van der Waals surface area contributed by atoms with Crippen LogP contribution in [-0.2, 0) is 13.2 Å². The highest BCUT2D eigenvalue weighted by molar-refractivity contribution is 7.09. The van der Waals surface area contributed by atoms with E-state index in [2.05, 4.69) is 18.8 Å². The minimum absolute atomic E-state index is 0.00235. The van der Waals surface area contributed by atoms with Gasteiger partial charge in [0.2, 0.25) is 0 Å². The van der Waals surface area contributed by atoms with Crippen LogP contribution in [0, 0.1) is 6.92 Å². The van der Waals surface area contributed by atoms with E-state index in [0.717, 1.165) is 28.6 Å². The summed E-state index contributed by atoms with van der Waals surface area (Å²) in [5.74, 6) is 1.56. The fourth-order valence-corrected chi connectivity index (χ4v) is 3.69. The summed E-state index contributed by atoms with van der Waals surface area (Å²) in [6.45, 7) is 7.09. The second-order valence-electron chi connectivity index (χ2n) is 7.25. The number of hydrogen-bond acceptors (Lipinski definition) is 5. The molecule has 158 valence electrons. The molecule has 1 atom stereocenters. The van der Waals surface area contributed by atoms with Crippen molar-refractivity contribution in [2.75, 3.05) is 7.11 Å². The summed E-state index contributed by atoms with van der Waals surface area (Å²) in [5.41, 5.74) is 2.73. The lowest BCUT2D eigenvalue weighted by Crippen LogP contribution is -2.37. The second-order valence-corrected chi connectivity index (χ2v) is 8.20. The molecule has 0 spiro atoms. The molecule has 0 aliphatic carbocycles. The van der Waals surface area contributed by atoms with Gasteiger partial charge < -0.3 is 14.4 Å². The lowest BCUT2D eigenvalue weighted by Gasteiger charge is -2.28. The van der Waals surface area contributed by atoms with Gasteiger partial charge in [-0.2, -0.15) is 0 Å². The average Bonchev–Trinajstić information content (AvgIpc) is 3.23. The molecule has 0 N–H and O–H groups in total. The lowest BCUT2D eigenvalue weighted by atomic mass is 10.1. The maximum atomic E-state index is 13.1. The molecular weight excluding hydrogens is 396 g/mol. The lowest BCUT2D eigenvalue weighted by molar-refractivity contribution is 0.0669. The number of carbonyl (C=O) groups is 1. The van der Waals surface area contributed by atoms with Crippen LogP contribution in [0.4, 0.5) is 0 Å². The monoisotopic (exact) mass is 424 g/mol. The molecule has 3 aromatic rings. The Morgan fingerprint density at radius 3 is 2.40 bits per heavy atom. The first-order valence-corrected chi connectivity index (χ1v) is 11.0. The van der Waals surface area contributed by atoms with Crippen molar-refractivity contribution in [1.29, 1.82) is 0 Å². The van der Waals surface area contributed by atoms with Gasteiger partial charge in [0.15, 0.2) is 0 Å². The number of aromatic nitrogens is 1. The van der Waals surface area contributed by atoms with Crippen molar-refractivity contribution in [3.05, 3.63) is 75.7 Å². The molecule has 1 aromatic heterocycles. The highest BCUT2D eigenvalue weighted by atomic mass is 32.1. The van der Waals surface area contributed by atoms with Gasteiger partial charge in [0, 0.05) is 17.0 Å². The van der Waals surface area contributed by atoms with E-state index in [1.54, 1.807) is 30.6 Å². The summed E-state index contributed by atoms with van der Waals surface area (Å²) >= 11 is 1.56. The van der Waals surface area contributed by atoms with Gasteiger partial charge in [0.25, 0.3) is 5.91 Å². The maximum absolute atomic E-state index is 13.1. The van der Waals surface area contributed by atoms with E-state index in [4.69, 9.17) is 9.47 Å². The third-order valence-corrected chi connectivity index (χ3v) is 5.91. The average molecular weight is 425 g/mol. The first-order valence-electron chi connectivity index (χ1n) is 10.1. The number of methoxy groups -OCH3 is 1. The number of rotatable bonds is 9. The number of benzene rings is 2. The summed E-state index contributed by atoms with van der Waals surface area (Å²) in [4.78, 5) is 19.7. The van der Waals surface area contributed by atoms with Crippen molar-refractivity contribution in [2.45, 2.75) is 46.4 Å². The van der Waals surface area contributed by atoms with Crippen LogP contribution in [0.15, 0.2) is 53.9 Å². The molecule has 3 rings (SSSR count). The maximum Gasteiger partial charge on any atom is 0.254 e. The molecule has 0 unspecified atom stereocenters. The summed E-state index contributed by atoms with van der Waals surface area (Å²) in [5, 5.41) is 2.90. The predicted octanol–water partition coefficient (Wildman–Crippen LogP) is 5.48. The molecule has 0 bridgehead atoms. The Bertz CT molecular complexity index is 951. The Balaban J connectivity index is 1.67. The van der Waals surface area contributed by atoms with Gasteiger partial charge in [-0.1, -0.05) is 24.6 Å². The molecule has 5 nitrogen and oxygen atoms in total. The summed E-state index contributed by atoms with van der Waals surface area (Å²) in [7, 11) is 1.62. The molecule has 1 amide bonds. The van der Waals surface area contributed by atoms with Gasteiger partial charge in [-0.3, -0.25) is 4.79 Å². The Morgan fingerprint density at radius 2 is 1.77 bits per heavy atom. The molecule has 6 heteroatoms. The van der Waals surface area contributed by atoms with Crippen molar-refractivity contribution < 1.29 is 14.3 Å². The van der Waals surface area contributed by atoms with Crippen LogP contribution >= 0.6 is 11.3 Å². The van der Waals surface area contributed by atoms with Crippen LogP contribution < -0.4 is 9.47 Å². The molecule has 0 fully saturated rings. The third kappa shape index (κ3) is 5.60. The van der Waals surface area contributed by atoms with Crippen molar-refractivity contribution >= 4 is 17.2 Å². The number of nitrogens with zero attached hydrogens (tertiary/aromatic N) is 2. The summed E-state index contributed by atoms with van der Waals surface area (Å²) < 4.78 is 11.0. The van der Waals surface area contributed by atoms with Crippen LogP contribution in [0.3, 0.4) is 0 Å². The predicted molar refractivity (Wildman–Crippen MR) is 120 cm³/mol. The number of amides is 1. The Hall–Kier alpha value is -2.86. The molecule has 0 saturated carbocycles. The molecular formula is C24H28N2O3S. The highest BCUT2D eigenvalue weighted by Crippen LogP contribution is 2.20. The molecule has 1 heterocycles. The first-order chi connectivity index (χ1) is 14.5. The van der Waals surface area contributed by atoms with Gasteiger partial charge >= 0.3 is 0 Å². The van der Waals surface area contributed by atoms with Crippen molar-refractivity contribution in [3.63, 3.8) is 0 Å². The van der Waals surface area contributed by atoms with E-state index in [9.17, 15) is 4.79 Å². The third-order valence-electron chi connectivity index (χ3n) is 5.04. The fourth-order valence-electron chi connectivity index (χ4n) is 2.99. The molecule has 30 heavy (non-hydrogen) atoms. The highest BCUT2D eigenvalue weighted by Gasteiger charge is 2.22. The van der Waals surface area contributed by atoms with E-state index in [1.807, 2.05) is 53.6 Å². The minimum atomic E-state index is -0.00235. The van der Waals surface area contributed by atoms with Crippen LogP contribution in [0.1, 0.15) is 46.9 Å². The molecule has 0 saturated heterocycles. The van der Waals surface area contributed by atoms with E-state index in [1.165, 1.54) is 5.56 Å². The standard InChI is InChI=1S/C24H28N2O3S/c1-5-18(3)26(24(27)19-8-12-21(28-4)13-9-19)14-20-16-30-23(25-20)15-29-22-10-6-17(2)7-11-22/h6-13,16,18H,5,14-15H2,1-4H3/t18-/m0/s1. The number of thiazole rings is 1. The van der Waals surface area contributed by atoms with Crippen LogP contribution in [-0.4, -0.2) is 28.9 Å². The zero-order valence-electron chi connectivity index (χ0n) is 17.9. The van der Waals surface area contributed by atoms with E-state index >= 15 is 0 Å². The zero-order chi connectivity index (χ0) is 21.5. The van der Waals surface area contributed by atoms with Gasteiger partial charge in [-0.25, -0.2) is 4.98 Å². The topological polar surface area (TPSA) is 51.7 Å². The largest absolute Gasteiger partial charge is 0.497 e. The van der Waals surface area contributed by atoms with Crippen LogP contribution in [0.2, 0.25) is 0 Å². The number of aryl methyl sites for hydroxylation is 1. The number of ether oxygens (including phenoxy) is 2. The van der Waals surface area contributed by atoms with E-state index in [-0.39, 0.29) is 11.9 Å². The molecule has 0 radical (unpaired) electrons. The Kier molecular flexibility index (Phi) is 7.46. The minimum Gasteiger partial charge on any atom is -0.497 e. The second kappa shape index (κ2) is 10.3. The Labute approximate surface area is 182 Å². The van der Waals surface area contributed by atoms with Gasteiger partial charge in [0.05, 0.1) is 19.3 Å². The first kappa shape index (κ1) is 21.8. The van der Waals surface area contributed by atoms with Gasteiger partial charge in [-0.05, 0) is 56.7 Å². The van der Waals surface area contributed by atoms with Crippen molar-refractivity contribution in [1.82, 2.24) is 9.88 Å². The van der Waals surface area contributed by atoms with Crippen molar-refractivity contribution in [3.8, 4) is 11.5 Å². The Morgan fingerprint density at radius 1 is 1.10 bits per heavy atom. The zero-order valence-corrected chi connectivity index (χ0v) is 18.7. The van der Waals surface area contributed by atoms with Crippen LogP contribution in [0.25, 0.3) is 0 Å². The number of hydrogen-bond donors (Lipinski definition) is 0. The van der Waals surface area contributed by atoms with Gasteiger partial charge in [0.1, 0.15) is 23.1 Å². The molecule has 2 aromatic carbocycles. The quantitative estimate of drug-likeness (QED) is 0.456. The van der Waals surface area contributed by atoms with Crippen molar-refractivity contribution in [2.24, 2.45) is 0 Å². The fraction of sp³-hybridized carbons (Fsp3) is 0.333. The SMILES string of the molecule is CC[C@H](C)N(Cc1csc(COc2ccc(C)cc2)n1)C(=O)c1ccc(OC)cc1. The molecule has 0 aliphatic rings. The van der Waals surface area contributed by atoms with Gasteiger partial charge in [-0.15, -0.1) is 11.3 Å². The summed E-state index contributed by atoms with van der Waals surface area (Å²) in [6.07, 6.45) is 0.870. The van der Waals surface area contributed by atoms with E-state index in [0.29, 0.717) is 18.7 Å². The summed E-state index contributed by atoms with van der Waals surface area (Å²) in [6, 6.07) is 15.3. The molecule has 0 aliphatic heterocycles. The number of carbonyl (C=O) groups excluding carboxylic acids is 1. The van der Waals surface area contributed by atoms with Crippen LogP contribution in [0.5, 0.6) is 11.5 Å². The van der Waals surface area contributed by atoms with E-state index < -0.39 is 0 Å². The normalized spacial score (nSPS) is 11.7.